The van der Waals surface area contributed by atoms with E-state index in [2.05, 4.69) is 20.6 Å². The standard InChI is InChI=1S/C10H15FN4O/c1-10(3-4-16-6-10)15-8-7(11)5-13-9(12-2)14-8/h5H,3-4,6H2,1-2H3,(H2,12,13,14,15). The number of hydrogen-bond donors (Lipinski definition) is 2. The van der Waals surface area contributed by atoms with Gasteiger partial charge in [0, 0.05) is 13.7 Å². The quantitative estimate of drug-likeness (QED) is 0.812. The van der Waals surface area contributed by atoms with Crippen LogP contribution in [0.1, 0.15) is 13.3 Å². The molecule has 2 rings (SSSR count). The van der Waals surface area contributed by atoms with Crippen LogP contribution in [0.4, 0.5) is 16.2 Å². The molecule has 1 aromatic heterocycles. The molecule has 0 amide bonds. The highest BCUT2D eigenvalue weighted by atomic mass is 19.1. The highest BCUT2D eigenvalue weighted by Gasteiger charge is 2.30. The predicted molar refractivity (Wildman–Crippen MR) is 59.0 cm³/mol. The summed E-state index contributed by atoms with van der Waals surface area (Å²) in [4.78, 5) is 7.82. The predicted octanol–water partition coefficient (Wildman–Crippen LogP) is 1.25. The fourth-order valence-corrected chi connectivity index (χ4v) is 1.63. The van der Waals surface area contributed by atoms with Gasteiger partial charge in [0.05, 0.1) is 18.3 Å². The van der Waals surface area contributed by atoms with Gasteiger partial charge in [-0.2, -0.15) is 4.98 Å². The van der Waals surface area contributed by atoms with E-state index in [9.17, 15) is 4.39 Å². The normalized spacial score (nSPS) is 24.4. The Bertz CT molecular complexity index is 379. The van der Waals surface area contributed by atoms with E-state index in [1.807, 2.05) is 6.92 Å². The highest BCUT2D eigenvalue weighted by Crippen LogP contribution is 2.24. The first-order chi connectivity index (χ1) is 7.63. The Morgan fingerprint density at radius 2 is 2.38 bits per heavy atom. The Balaban J connectivity index is 2.19. The lowest BCUT2D eigenvalue weighted by atomic mass is 10.0. The maximum atomic E-state index is 13.5. The second-order valence-electron chi connectivity index (χ2n) is 4.13. The minimum atomic E-state index is -0.452. The molecule has 16 heavy (non-hydrogen) atoms. The Morgan fingerprint density at radius 1 is 1.56 bits per heavy atom. The Kier molecular flexibility index (Phi) is 2.91. The molecule has 6 heteroatoms. The molecule has 1 aromatic rings. The van der Waals surface area contributed by atoms with Crippen LogP contribution < -0.4 is 10.6 Å². The largest absolute Gasteiger partial charge is 0.379 e. The molecule has 1 aliphatic rings. The van der Waals surface area contributed by atoms with Crippen molar-refractivity contribution in [3.63, 3.8) is 0 Å². The fraction of sp³-hybridized carbons (Fsp3) is 0.600. The molecule has 1 fully saturated rings. The molecule has 0 saturated carbocycles. The van der Waals surface area contributed by atoms with Gasteiger partial charge in [0.25, 0.3) is 0 Å². The van der Waals surface area contributed by atoms with Crippen LogP contribution in [-0.4, -0.2) is 35.8 Å². The molecule has 1 saturated heterocycles. The summed E-state index contributed by atoms with van der Waals surface area (Å²) >= 11 is 0. The van der Waals surface area contributed by atoms with Gasteiger partial charge in [-0.15, -0.1) is 0 Å². The summed E-state index contributed by atoms with van der Waals surface area (Å²) < 4.78 is 18.8. The van der Waals surface area contributed by atoms with Crippen molar-refractivity contribution in [2.24, 2.45) is 0 Å². The van der Waals surface area contributed by atoms with Crippen LogP contribution in [0.15, 0.2) is 6.20 Å². The lowest BCUT2D eigenvalue weighted by Crippen LogP contribution is -2.35. The van der Waals surface area contributed by atoms with Gasteiger partial charge in [0.2, 0.25) is 5.95 Å². The molecular formula is C10H15FN4O. The Hall–Kier alpha value is -1.43. The first-order valence-electron chi connectivity index (χ1n) is 5.19. The molecule has 0 bridgehead atoms. The summed E-state index contributed by atoms with van der Waals surface area (Å²) in [5, 5.41) is 5.84. The summed E-state index contributed by atoms with van der Waals surface area (Å²) in [6.45, 7) is 3.24. The molecule has 1 atom stereocenters. The first kappa shape index (κ1) is 11.1. The Labute approximate surface area is 93.4 Å². The molecule has 0 aromatic carbocycles. The minimum absolute atomic E-state index is 0.215. The van der Waals surface area contributed by atoms with E-state index in [1.165, 1.54) is 0 Å². The topological polar surface area (TPSA) is 59.1 Å². The van der Waals surface area contributed by atoms with E-state index in [1.54, 1.807) is 7.05 Å². The zero-order chi connectivity index (χ0) is 11.6. The minimum Gasteiger partial charge on any atom is -0.379 e. The van der Waals surface area contributed by atoms with E-state index in [4.69, 9.17) is 4.74 Å². The van der Waals surface area contributed by atoms with E-state index in [0.717, 1.165) is 12.6 Å². The van der Waals surface area contributed by atoms with Crippen LogP contribution in [0.3, 0.4) is 0 Å². The summed E-state index contributed by atoms with van der Waals surface area (Å²) in [5.41, 5.74) is -0.250. The van der Waals surface area contributed by atoms with Gasteiger partial charge in [-0.3, -0.25) is 0 Å². The van der Waals surface area contributed by atoms with Crippen LogP contribution in [-0.2, 0) is 4.74 Å². The molecule has 0 radical (unpaired) electrons. The number of anilines is 2. The second kappa shape index (κ2) is 4.21. The maximum absolute atomic E-state index is 13.5. The van der Waals surface area contributed by atoms with Crippen molar-refractivity contribution in [1.29, 1.82) is 0 Å². The number of hydrogen-bond acceptors (Lipinski definition) is 5. The average molecular weight is 226 g/mol. The fourth-order valence-electron chi connectivity index (χ4n) is 1.63. The second-order valence-corrected chi connectivity index (χ2v) is 4.13. The number of aromatic nitrogens is 2. The third-order valence-electron chi connectivity index (χ3n) is 2.61. The number of halogens is 1. The van der Waals surface area contributed by atoms with Crippen molar-refractivity contribution < 1.29 is 9.13 Å². The lowest BCUT2D eigenvalue weighted by molar-refractivity contribution is 0.185. The van der Waals surface area contributed by atoms with Gasteiger partial charge < -0.3 is 15.4 Å². The first-order valence-corrected chi connectivity index (χ1v) is 5.19. The molecule has 0 aliphatic carbocycles. The number of nitrogens with zero attached hydrogens (tertiary/aromatic N) is 2. The van der Waals surface area contributed by atoms with Gasteiger partial charge in [-0.05, 0) is 13.3 Å². The van der Waals surface area contributed by atoms with Crippen LogP contribution in [0.25, 0.3) is 0 Å². The van der Waals surface area contributed by atoms with Crippen molar-refractivity contribution >= 4 is 11.8 Å². The monoisotopic (exact) mass is 226 g/mol. The SMILES string of the molecule is CNc1ncc(F)c(NC2(C)CCOC2)n1. The van der Waals surface area contributed by atoms with Gasteiger partial charge in [-0.1, -0.05) is 0 Å². The molecule has 2 heterocycles. The van der Waals surface area contributed by atoms with Gasteiger partial charge >= 0.3 is 0 Å². The van der Waals surface area contributed by atoms with Gasteiger partial charge in [-0.25, -0.2) is 9.37 Å². The molecule has 0 spiro atoms. The summed E-state index contributed by atoms with van der Waals surface area (Å²) in [7, 11) is 1.69. The molecule has 88 valence electrons. The van der Waals surface area contributed by atoms with Crippen LogP contribution >= 0.6 is 0 Å². The molecule has 1 unspecified atom stereocenters. The van der Waals surface area contributed by atoms with E-state index >= 15 is 0 Å². The zero-order valence-electron chi connectivity index (χ0n) is 9.38. The number of nitrogens with one attached hydrogen (secondary N) is 2. The smallest absolute Gasteiger partial charge is 0.224 e. The molecule has 5 nitrogen and oxygen atoms in total. The van der Waals surface area contributed by atoms with Crippen molar-refractivity contribution in [2.75, 3.05) is 30.9 Å². The van der Waals surface area contributed by atoms with Crippen LogP contribution in [0.2, 0.25) is 0 Å². The highest BCUT2D eigenvalue weighted by molar-refractivity contribution is 5.43. The Morgan fingerprint density at radius 3 is 3.00 bits per heavy atom. The molecule has 2 N–H and O–H groups in total. The third kappa shape index (κ3) is 2.21. The van der Waals surface area contributed by atoms with E-state index in [-0.39, 0.29) is 11.4 Å². The third-order valence-corrected chi connectivity index (χ3v) is 2.61. The molecular weight excluding hydrogens is 211 g/mol. The van der Waals surface area contributed by atoms with Crippen molar-refractivity contribution in [3.05, 3.63) is 12.0 Å². The summed E-state index contributed by atoms with van der Waals surface area (Å²) in [6.07, 6.45) is 1.99. The maximum Gasteiger partial charge on any atom is 0.224 e. The summed E-state index contributed by atoms with van der Waals surface area (Å²) in [5.74, 6) is 0.158. The lowest BCUT2D eigenvalue weighted by Gasteiger charge is -2.24. The van der Waals surface area contributed by atoms with Gasteiger partial charge in [0.1, 0.15) is 0 Å². The van der Waals surface area contributed by atoms with E-state index < -0.39 is 5.82 Å². The number of ether oxygens (including phenoxy) is 1. The zero-order valence-corrected chi connectivity index (χ0v) is 9.38. The average Bonchev–Trinajstić information content (AvgIpc) is 2.68. The van der Waals surface area contributed by atoms with Crippen LogP contribution in [0.5, 0.6) is 0 Å². The van der Waals surface area contributed by atoms with Crippen molar-refractivity contribution in [2.45, 2.75) is 18.9 Å². The number of rotatable bonds is 3. The van der Waals surface area contributed by atoms with Crippen molar-refractivity contribution in [1.82, 2.24) is 9.97 Å². The molecule has 1 aliphatic heterocycles. The van der Waals surface area contributed by atoms with E-state index in [0.29, 0.717) is 19.2 Å². The van der Waals surface area contributed by atoms with Crippen LogP contribution in [0, 0.1) is 5.82 Å². The summed E-state index contributed by atoms with van der Waals surface area (Å²) in [6, 6.07) is 0. The van der Waals surface area contributed by atoms with Gasteiger partial charge in [0.15, 0.2) is 11.6 Å². The van der Waals surface area contributed by atoms with Crippen molar-refractivity contribution in [3.8, 4) is 0 Å².